The molecule has 8 nitrogen and oxygen atoms in total. The first-order chi connectivity index (χ1) is 27.6. The number of esters is 2. The van der Waals surface area contributed by atoms with Gasteiger partial charge in [-0.05, 0) is 32.1 Å². The van der Waals surface area contributed by atoms with Crippen molar-refractivity contribution in [1.82, 2.24) is 0 Å². The fourth-order valence-electron chi connectivity index (χ4n) is 6.28. The molecule has 0 aliphatic rings. The van der Waals surface area contributed by atoms with Crippen molar-refractivity contribution in [3.05, 3.63) is 72.9 Å². The maximum absolute atomic E-state index is 12.7. The molecule has 326 valence electrons. The Balaban J connectivity index is 4.43. The van der Waals surface area contributed by atoms with Gasteiger partial charge in [-0.25, -0.2) is 0 Å². The predicted molar refractivity (Wildman–Crippen MR) is 235 cm³/mol. The first-order valence-corrected chi connectivity index (χ1v) is 22.5. The summed E-state index contributed by atoms with van der Waals surface area (Å²) in [6, 6.07) is -0.737. The van der Waals surface area contributed by atoms with Gasteiger partial charge in [0.2, 0.25) is 0 Å². The summed E-state index contributed by atoms with van der Waals surface area (Å²) >= 11 is 0. The van der Waals surface area contributed by atoms with Crippen LogP contribution in [0.15, 0.2) is 72.9 Å². The lowest BCUT2D eigenvalue weighted by molar-refractivity contribution is -0.889. The zero-order valence-electron chi connectivity index (χ0n) is 37.0. The van der Waals surface area contributed by atoms with E-state index in [1.54, 1.807) is 21.1 Å². The van der Waals surface area contributed by atoms with Gasteiger partial charge in [0.25, 0.3) is 0 Å². The summed E-state index contributed by atoms with van der Waals surface area (Å²) in [6.07, 6.45) is 49.2. The van der Waals surface area contributed by atoms with Crippen molar-refractivity contribution in [2.75, 3.05) is 41.0 Å². The van der Waals surface area contributed by atoms with Crippen LogP contribution in [0.5, 0.6) is 0 Å². The minimum Gasteiger partial charge on any atom is -0.544 e. The summed E-state index contributed by atoms with van der Waals surface area (Å²) in [5.74, 6) is -1.80. The number of aliphatic carboxylic acids is 1. The zero-order valence-corrected chi connectivity index (χ0v) is 37.0. The fraction of sp³-hybridized carbons (Fsp3) is 0.694. The van der Waals surface area contributed by atoms with Crippen LogP contribution in [-0.4, -0.2) is 75.5 Å². The number of hydrogen-bond acceptors (Lipinski definition) is 7. The third-order valence-electron chi connectivity index (χ3n) is 9.77. The molecule has 8 heteroatoms. The van der Waals surface area contributed by atoms with E-state index in [0.717, 1.165) is 44.9 Å². The molecule has 0 radical (unpaired) electrons. The lowest BCUT2D eigenvalue weighted by atomic mass is 10.0. The second kappa shape index (κ2) is 39.6. The minimum absolute atomic E-state index is 0.0203. The van der Waals surface area contributed by atoms with Crippen molar-refractivity contribution in [1.29, 1.82) is 0 Å². The molecule has 0 amide bonds. The van der Waals surface area contributed by atoms with Crippen molar-refractivity contribution in [3.8, 4) is 0 Å². The fourth-order valence-corrected chi connectivity index (χ4v) is 6.28. The maximum Gasteiger partial charge on any atom is 0.306 e. The quantitative estimate of drug-likeness (QED) is 0.0264. The number of ether oxygens (including phenoxy) is 3. The van der Waals surface area contributed by atoms with E-state index in [0.29, 0.717) is 12.8 Å². The van der Waals surface area contributed by atoms with Crippen LogP contribution >= 0.6 is 0 Å². The number of quaternary nitrogens is 1. The van der Waals surface area contributed by atoms with Crippen molar-refractivity contribution >= 4 is 17.9 Å². The Bertz CT molecular complexity index is 1160. The second-order valence-electron chi connectivity index (χ2n) is 16.1. The predicted octanol–water partition coefficient (Wildman–Crippen LogP) is 11.0. The molecule has 2 atom stereocenters. The number of allylic oxidation sites excluding steroid dienone is 12. The molecule has 0 rings (SSSR count). The van der Waals surface area contributed by atoms with Crippen LogP contribution in [0.4, 0.5) is 0 Å². The highest BCUT2D eigenvalue weighted by Gasteiger charge is 2.25. The maximum atomic E-state index is 12.7. The van der Waals surface area contributed by atoms with Gasteiger partial charge in [0.1, 0.15) is 12.6 Å². The molecular formula is C49H83NO7. The number of likely N-dealkylation sites (N-methyl/N-ethyl adjacent to an activating group) is 1. The molecule has 2 unspecified atom stereocenters. The molecule has 0 bridgehead atoms. The molecule has 0 saturated carbocycles. The monoisotopic (exact) mass is 798 g/mol. The Hall–Kier alpha value is -3.23. The van der Waals surface area contributed by atoms with Gasteiger partial charge >= 0.3 is 11.9 Å². The topological polar surface area (TPSA) is 102 Å². The summed E-state index contributed by atoms with van der Waals surface area (Å²) in [6.45, 7) is 4.47. The number of nitrogens with zero attached hydrogens (tertiary/aromatic N) is 1. The number of carbonyl (C=O) groups excluding carboxylic acids is 3. The third kappa shape index (κ3) is 38.1. The molecule has 0 aliphatic heterocycles. The number of carboxylic acid groups (broad SMARTS) is 1. The van der Waals surface area contributed by atoms with Crippen LogP contribution in [0, 0.1) is 0 Å². The average molecular weight is 798 g/mol. The van der Waals surface area contributed by atoms with E-state index in [4.69, 9.17) is 14.2 Å². The summed E-state index contributed by atoms with van der Waals surface area (Å²) in [7, 11) is 5.38. The summed E-state index contributed by atoms with van der Waals surface area (Å²) in [5.41, 5.74) is 0. The van der Waals surface area contributed by atoms with Crippen LogP contribution in [0.2, 0.25) is 0 Å². The van der Waals surface area contributed by atoms with Gasteiger partial charge in [-0.1, -0.05) is 189 Å². The van der Waals surface area contributed by atoms with E-state index in [-0.39, 0.29) is 49.1 Å². The van der Waals surface area contributed by atoms with E-state index >= 15 is 0 Å². The molecule has 0 aromatic heterocycles. The Labute approximate surface area is 349 Å². The van der Waals surface area contributed by atoms with E-state index in [2.05, 4.69) is 26.0 Å². The summed E-state index contributed by atoms with van der Waals surface area (Å²) < 4.78 is 17.1. The molecule has 0 N–H and O–H groups in total. The molecule has 0 aromatic rings. The largest absolute Gasteiger partial charge is 0.544 e. The summed E-state index contributed by atoms with van der Waals surface area (Å²) in [4.78, 5) is 36.9. The van der Waals surface area contributed by atoms with Crippen molar-refractivity contribution in [3.63, 3.8) is 0 Å². The van der Waals surface area contributed by atoms with Crippen LogP contribution in [-0.2, 0) is 28.6 Å². The standard InChI is InChI=1S/C49H83NO7/c1-6-8-10-12-14-16-18-20-22-24-26-28-30-32-34-36-38-40-48(52)57-45(43-55-42-41-46(49(53)54)50(3,4)5)44-56-47(51)39-37-35-33-31-29-27-25-23-21-19-17-15-13-11-9-7-2/h8,10,12,14,16,18,20,22,24,26,28,30,45-46H,6-7,9,11,13,15,17,19,21,23,25,27,29,31-44H2,1-5H3/b10-8+,14-12+,18-16+,22-20+,26-24+,30-28+. The SMILES string of the molecule is CC/C=C/C=C/C=C/C=C/C=C/C=C/CCCCCC(=O)OC(COCCC(C(=O)[O-])[N+](C)(C)C)COC(=O)CCCCCCCCCCCCCCCCCC. The first-order valence-electron chi connectivity index (χ1n) is 22.5. The van der Waals surface area contributed by atoms with Gasteiger partial charge in [0.05, 0.1) is 40.3 Å². The van der Waals surface area contributed by atoms with Crippen LogP contribution < -0.4 is 5.11 Å². The normalized spacial score (nSPS) is 13.6. The van der Waals surface area contributed by atoms with Gasteiger partial charge in [0, 0.05) is 19.3 Å². The second-order valence-corrected chi connectivity index (χ2v) is 16.1. The third-order valence-corrected chi connectivity index (χ3v) is 9.77. The molecule has 0 aliphatic carbocycles. The highest BCUT2D eigenvalue weighted by atomic mass is 16.6. The highest BCUT2D eigenvalue weighted by molar-refractivity contribution is 5.70. The molecule has 0 fully saturated rings. The van der Waals surface area contributed by atoms with Crippen molar-refractivity contribution in [2.45, 2.75) is 180 Å². The Morgan fingerprint density at radius 1 is 0.544 bits per heavy atom. The number of hydrogen-bond donors (Lipinski definition) is 0. The molecule has 0 heterocycles. The zero-order chi connectivity index (χ0) is 42.1. The number of carboxylic acids is 1. The van der Waals surface area contributed by atoms with E-state index in [1.165, 1.54) is 83.5 Å². The Kier molecular flexibility index (Phi) is 37.3. The highest BCUT2D eigenvalue weighted by Crippen LogP contribution is 2.15. The van der Waals surface area contributed by atoms with E-state index < -0.39 is 18.1 Å². The Morgan fingerprint density at radius 3 is 1.46 bits per heavy atom. The lowest BCUT2D eigenvalue weighted by Gasteiger charge is -2.34. The molecule has 0 saturated heterocycles. The average Bonchev–Trinajstić information content (AvgIpc) is 3.17. The molecule has 0 aromatic carbocycles. The first kappa shape index (κ1) is 53.8. The molecular weight excluding hydrogens is 715 g/mol. The van der Waals surface area contributed by atoms with Gasteiger partial charge in [-0.3, -0.25) is 9.59 Å². The van der Waals surface area contributed by atoms with E-state index in [9.17, 15) is 19.5 Å². The van der Waals surface area contributed by atoms with E-state index in [1.807, 2.05) is 60.8 Å². The Morgan fingerprint density at radius 2 is 0.982 bits per heavy atom. The van der Waals surface area contributed by atoms with Gasteiger partial charge in [0.15, 0.2) is 6.10 Å². The van der Waals surface area contributed by atoms with Crippen LogP contribution in [0.3, 0.4) is 0 Å². The summed E-state index contributed by atoms with van der Waals surface area (Å²) in [5, 5.41) is 11.6. The van der Waals surface area contributed by atoms with Gasteiger partial charge in [-0.2, -0.15) is 0 Å². The van der Waals surface area contributed by atoms with Crippen molar-refractivity contribution in [2.24, 2.45) is 0 Å². The van der Waals surface area contributed by atoms with Gasteiger partial charge < -0.3 is 28.6 Å². The molecule has 57 heavy (non-hydrogen) atoms. The van der Waals surface area contributed by atoms with Gasteiger partial charge in [-0.15, -0.1) is 0 Å². The smallest absolute Gasteiger partial charge is 0.306 e. The molecule has 0 spiro atoms. The van der Waals surface area contributed by atoms with Crippen LogP contribution in [0.1, 0.15) is 168 Å². The number of unbranched alkanes of at least 4 members (excludes halogenated alkanes) is 18. The van der Waals surface area contributed by atoms with Crippen molar-refractivity contribution < 1.29 is 38.2 Å². The minimum atomic E-state index is -1.13. The lowest BCUT2D eigenvalue weighted by Crippen LogP contribution is -2.55. The number of rotatable bonds is 39. The number of carbonyl (C=O) groups is 3. The van der Waals surface area contributed by atoms with Crippen LogP contribution in [0.25, 0.3) is 0 Å².